The lowest BCUT2D eigenvalue weighted by Gasteiger charge is -2.25. The van der Waals surface area contributed by atoms with E-state index in [1.54, 1.807) is 108 Å². The van der Waals surface area contributed by atoms with Gasteiger partial charge in [-0.2, -0.15) is 0 Å². The second kappa shape index (κ2) is 12.9. The van der Waals surface area contributed by atoms with E-state index in [2.05, 4.69) is 4.98 Å². The number of carbonyl (C=O) groups is 3. The fourth-order valence-corrected chi connectivity index (χ4v) is 5.22. The summed E-state index contributed by atoms with van der Waals surface area (Å²) < 4.78 is 25.6. The van der Waals surface area contributed by atoms with Crippen molar-refractivity contribution in [2.45, 2.75) is 24.5 Å². The van der Waals surface area contributed by atoms with Gasteiger partial charge in [-0.25, -0.2) is 19.4 Å². The lowest BCUT2D eigenvalue weighted by atomic mass is 10.1. The highest BCUT2D eigenvalue weighted by Crippen LogP contribution is 2.38. The van der Waals surface area contributed by atoms with Crippen LogP contribution in [0.15, 0.2) is 109 Å². The Morgan fingerprint density at radius 1 is 0.705 bits per heavy atom. The molecule has 1 aliphatic rings. The number of aromatic nitrogens is 2. The third-order valence-electron chi connectivity index (χ3n) is 7.07. The summed E-state index contributed by atoms with van der Waals surface area (Å²) in [5.74, 6) is -1.94. The molecule has 11 heteroatoms. The number of rotatable bonds is 8. The van der Waals surface area contributed by atoms with Gasteiger partial charge in [0.1, 0.15) is 12.7 Å². The van der Waals surface area contributed by atoms with Crippen molar-refractivity contribution in [1.29, 1.82) is 0 Å². The average molecular weight is 631 g/mol. The van der Waals surface area contributed by atoms with Crippen molar-refractivity contribution >= 4 is 52.1 Å². The van der Waals surface area contributed by atoms with Crippen molar-refractivity contribution in [2.24, 2.45) is 0 Å². The lowest BCUT2D eigenvalue weighted by molar-refractivity contribution is -0.0604. The second-order valence-corrected chi connectivity index (χ2v) is 10.7. The molecule has 1 saturated heterocycles. The van der Waals surface area contributed by atoms with Gasteiger partial charge in [0.05, 0.1) is 44.1 Å². The Balaban J connectivity index is 1.38. The smallest absolute Gasteiger partial charge is 0.338 e. The molecule has 222 valence electrons. The minimum atomic E-state index is -1.19. The zero-order valence-electron chi connectivity index (χ0n) is 22.9. The van der Waals surface area contributed by atoms with Gasteiger partial charge in [-0.3, -0.25) is 0 Å². The number of imidazole rings is 1. The van der Waals surface area contributed by atoms with Gasteiger partial charge in [-0.15, -0.1) is 0 Å². The first-order valence-corrected chi connectivity index (χ1v) is 14.4. The Hall–Kier alpha value is -4.70. The highest BCUT2D eigenvalue weighted by molar-refractivity contribution is 6.42. The molecular formula is C33H24Cl2N2O7. The number of ether oxygens (including phenoxy) is 4. The van der Waals surface area contributed by atoms with Gasteiger partial charge in [0.25, 0.3) is 0 Å². The maximum Gasteiger partial charge on any atom is 0.338 e. The predicted molar refractivity (Wildman–Crippen MR) is 162 cm³/mol. The van der Waals surface area contributed by atoms with E-state index >= 15 is 0 Å². The van der Waals surface area contributed by atoms with Crippen LogP contribution in [0.2, 0.25) is 10.0 Å². The normalized spacial score (nSPS) is 19.4. The third-order valence-corrected chi connectivity index (χ3v) is 7.79. The molecule has 0 radical (unpaired) electrons. The average Bonchev–Trinajstić information content (AvgIpc) is 3.61. The zero-order chi connectivity index (χ0) is 30.6. The molecule has 1 aliphatic heterocycles. The highest BCUT2D eigenvalue weighted by Gasteiger charge is 2.51. The fourth-order valence-electron chi connectivity index (χ4n) is 4.91. The largest absolute Gasteiger partial charge is 0.459 e. The number of nitrogens with zero attached hydrogens (tertiary/aromatic N) is 2. The first kappa shape index (κ1) is 29.4. The summed E-state index contributed by atoms with van der Waals surface area (Å²) in [4.78, 5) is 43.9. The summed E-state index contributed by atoms with van der Waals surface area (Å²) in [6.07, 6.45) is -2.99. The molecule has 1 fully saturated rings. The quantitative estimate of drug-likeness (QED) is 0.140. The Morgan fingerprint density at radius 2 is 1.20 bits per heavy atom. The first-order valence-electron chi connectivity index (χ1n) is 13.6. The SMILES string of the molecule is O=C(OC[C@@H]1O[C@@H](n2cnc3cc(Cl)c(Cl)cc32)[C@@H](OC(=O)c2ccccc2)[C@H]1OC(=O)c1ccccc1)c1ccccc1. The van der Waals surface area contributed by atoms with Crippen LogP contribution in [0.5, 0.6) is 0 Å². The summed E-state index contributed by atoms with van der Waals surface area (Å²) in [7, 11) is 0. The number of esters is 3. The summed E-state index contributed by atoms with van der Waals surface area (Å²) in [6.45, 7) is -0.310. The maximum atomic E-state index is 13.4. The van der Waals surface area contributed by atoms with Crippen LogP contribution in [0.4, 0.5) is 0 Å². The molecule has 0 amide bonds. The predicted octanol–water partition coefficient (Wildman–Crippen LogP) is 6.55. The molecule has 0 spiro atoms. The third kappa shape index (κ3) is 6.16. The maximum absolute atomic E-state index is 13.4. The van der Waals surface area contributed by atoms with Gasteiger partial charge in [0.15, 0.2) is 18.4 Å². The molecule has 2 heterocycles. The van der Waals surface area contributed by atoms with Crippen LogP contribution in [0.1, 0.15) is 37.3 Å². The number of fused-ring (bicyclic) bond motifs is 1. The van der Waals surface area contributed by atoms with E-state index in [1.165, 1.54) is 6.33 Å². The Labute approximate surface area is 261 Å². The minimum absolute atomic E-state index is 0.275. The minimum Gasteiger partial charge on any atom is -0.459 e. The second-order valence-electron chi connectivity index (χ2n) is 9.91. The molecule has 44 heavy (non-hydrogen) atoms. The van der Waals surface area contributed by atoms with Crippen molar-refractivity contribution < 1.29 is 33.3 Å². The van der Waals surface area contributed by atoms with Gasteiger partial charge in [0, 0.05) is 0 Å². The number of hydrogen-bond donors (Lipinski definition) is 0. The summed E-state index contributed by atoms with van der Waals surface area (Å²) in [5.41, 5.74) is 1.93. The summed E-state index contributed by atoms with van der Waals surface area (Å²) in [6, 6.07) is 28.4. The molecule has 5 aromatic rings. The molecule has 4 atom stereocenters. The molecular weight excluding hydrogens is 607 g/mol. The molecule has 0 aliphatic carbocycles. The van der Waals surface area contributed by atoms with Gasteiger partial charge in [-0.1, -0.05) is 77.8 Å². The van der Waals surface area contributed by atoms with E-state index in [-0.39, 0.29) is 22.8 Å². The highest BCUT2D eigenvalue weighted by atomic mass is 35.5. The molecule has 0 N–H and O–H groups in total. The van der Waals surface area contributed by atoms with Gasteiger partial charge in [0.2, 0.25) is 0 Å². The summed E-state index contributed by atoms with van der Waals surface area (Å²) in [5, 5.41) is 0.585. The molecule has 9 nitrogen and oxygen atoms in total. The van der Waals surface area contributed by atoms with E-state index in [1.807, 2.05) is 0 Å². The molecule has 1 aromatic heterocycles. The van der Waals surface area contributed by atoms with Crippen LogP contribution in [-0.2, 0) is 18.9 Å². The summed E-state index contributed by atoms with van der Waals surface area (Å²) >= 11 is 12.6. The van der Waals surface area contributed by atoms with Gasteiger partial charge in [-0.05, 0) is 48.5 Å². The Bertz CT molecular complexity index is 1800. The molecule has 6 rings (SSSR count). The number of hydrogen-bond acceptors (Lipinski definition) is 8. The molecule has 0 saturated carbocycles. The molecule has 4 aromatic carbocycles. The van der Waals surface area contributed by atoms with Gasteiger partial charge < -0.3 is 23.5 Å². The fraction of sp³-hybridized carbons (Fsp3) is 0.152. The van der Waals surface area contributed by atoms with E-state index in [9.17, 15) is 14.4 Å². The topological polar surface area (TPSA) is 106 Å². The van der Waals surface area contributed by atoms with Gasteiger partial charge >= 0.3 is 17.9 Å². The number of halogens is 2. The van der Waals surface area contributed by atoms with E-state index in [0.29, 0.717) is 21.6 Å². The monoisotopic (exact) mass is 630 g/mol. The Morgan fingerprint density at radius 3 is 1.77 bits per heavy atom. The van der Waals surface area contributed by atoms with Crippen molar-refractivity contribution in [2.75, 3.05) is 6.61 Å². The number of benzene rings is 4. The lowest BCUT2D eigenvalue weighted by Crippen LogP contribution is -2.41. The van der Waals surface area contributed by atoms with Crippen molar-refractivity contribution in [1.82, 2.24) is 9.55 Å². The van der Waals surface area contributed by atoms with Crippen LogP contribution < -0.4 is 0 Å². The van der Waals surface area contributed by atoms with Crippen molar-refractivity contribution in [3.05, 3.63) is 136 Å². The van der Waals surface area contributed by atoms with Crippen molar-refractivity contribution in [3.63, 3.8) is 0 Å². The van der Waals surface area contributed by atoms with Crippen LogP contribution in [-0.4, -0.2) is 52.4 Å². The number of carbonyl (C=O) groups excluding carboxylic acids is 3. The first-order chi connectivity index (χ1) is 21.4. The van der Waals surface area contributed by atoms with Crippen LogP contribution in [0.3, 0.4) is 0 Å². The van der Waals surface area contributed by atoms with Crippen LogP contribution in [0, 0.1) is 0 Å². The molecule has 0 bridgehead atoms. The standard InChI is InChI=1S/C33H24Cl2N2O7/c34-23-16-25-26(17-24(23)35)37(19-36-25)30-29(44-33(40)22-14-8-3-9-15-22)28(43-32(39)21-12-6-2-7-13-21)27(42-30)18-41-31(38)20-10-4-1-5-11-20/h1-17,19,27-30H,18H2/t27-,28-,29-,30+/m0/s1. The van der Waals surface area contributed by atoms with E-state index in [4.69, 9.17) is 42.1 Å². The van der Waals surface area contributed by atoms with Crippen molar-refractivity contribution in [3.8, 4) is 0 Å². The zero-order valence-corrected chi connectivity index (χ0v) is 24.4. The van der Waals surface area contributed by atoms with E-state index < -0.39 is 42.4 Å². The Kier molecular flexibility index (Phi) is 8.60. The van der Waals surface area contributed by atoms with Crippen LogP contribution in [0.25, 0.3) is 11.0 Å². The molecule has 0 unspecified atom stereocenters. The van der Waals surface area contributed by atoms with Crippen LogP contribution >= 0.6 is 23.2 Å². The van der Waals surface area contributed by atoms with E-state index in [0.717, 1.165) is 0 Å².